The van der Waals surface area contributed by atoms with Gasteiger partial charge in [0.2, 0.25) is 0 Å². The van der Waals surface area contributed by atoms with Crippen LogP contribution in [-0.2, 0) is 6.54 Å². The van der Waals surface area contributed by atoms with Crippen molar-refractivity contribution in [3.8, 4) is 11.5 Å². The van der Waals surface area contributed by atoms with Crippen LogP contribution in [0.3, 0.4) is 0 Å². The number of amides is 1. The molecule has 0 bridgehead atoms. The van der Waals surface area contributed by atoms with E-state index in [9.17, 15) is 14.9 Å². The lowest BCUT2D eigenvalue weighted by Crippen LogP contribution is -2.46. The normalized spacial score (nSPS) is 14.7. The van der Waals surface area contributed by atoms with Crippen LogP contribution in [0.4, 0.5) is 5.69 Å². The van der Waals surface area contributed by atoms with E-state index in [4.69, 9.17) is 9.47 Å². The second-order valence-corrected chi connectivity index (χ2v) is 7.69. The summed E-state index contributed by atoms with van der Waals surface area (Å²) < 4.78 is 10.3. The van der Waals surface area contributed by atoms with Gasteiger partial charge in [-0.25, -0.2) is 0 Å². The van der Waals surface area contributed by atoms with Crippen molar-refractivity contribution in [2.75, 3.05) is 53.5 Å². The number of benzene rings is 2. The molecule has 2 aromatic carbocycles. The zero-order chi connectivity index (χ0) is 22.9. The molecule has 0 atom stereocenters. The second-order valence-electron chi connectivity index (χ2n) is 7.69. The van der Waals surface area contributed by atoms with Crippen LogP contribution < -0.4 is 14.8 Å². The Kier molecular flexibility index (Phi) is 8.41. The van der Waals surface area contributed by atoms with Crippen molar-refractivity contribution >= 4 is 11.6 Å². The Morgan fingerprint density at radius 3 is 2.28 bits per heavy atom. The van der Waals surface area contributed by atoms with E-state index in [2.05, 4.69) is 39.4 Å². The molecule has 3 rings (SSSR count). The number of methoxy groups -OCH3 is 2. The third-order valence-electron chi connectivity index (χ3n) is 5.59. The van der Waals surface area contributed by atoms with Gasteiger partial charge in [-0.1, -0.05) is 30.3 Å². The van der Waals surface area contributed by atoms with Crippen LogP contribution >= 0.6 is 0 Å². The van der Waals surface area contributed by atoms with Gasteiger partial charge in [-0.3, -0.25) is 19.8 Å². The highest BCUT2D eigenvalue weighted by Crippen LogP contribution is 2.34. The van der Waals surface area contributed by atoms with E-state index in [1.807, 2.05) is 6.07 Å². The number of carbonyl (C=O) groups is 1. The Bertz CT molecular complexity index is 914. The molecule has 1 amide bonds. The quantitative estimate of drug-likeness (QED) is 0.343. The number of hydrogen-bond donors (Lipinski definition) is 1. The first-order chi connectivity index (χ1) is 15.5. The number of carbonyl (C=O) groups excluding carboxylic acids is 1. The molecule has 32 heavy (non-hydrogen) atoms. The molecule has 1 aliphatic rings. The summed E-state index contributed by atoms with van der Waals surface area (Å²) in [6, 6.07) is 13.0. The molecule has 1 fully saturated rings. The maximum absolute atomic E-state index is 12.6. The van der Waals surface area contributed by atoms with Crippen LogP contribution in [0.5, 0.6) is 11.5 Å². The maximum atomic E-state index is 12.6. The van der Waals surface area contributed by atoms with Gasteiger partial charge in [-0.15, -0.1) is 0 Å². The van der Waals surface area contributed by atoms with Crippen molar-refractivity contribution in [2.45, 2.75) is 13.0 Å². The Morgan fingerprint density at radius 1 is 1.03 bits per heavy atom. The van der Waals surface area contributed by atoms with Crippen molar-refractivity contribution < 1.29 is 19.2 Å². The fourth-order valence-corrected chi connectivity index (χ4v) is 3.81. The molecule has 0 radical (unpaired) electrons. The van der Waals surface area contributed by atoms with Crippen LogP contribution in [0.25, 0.3) is 0 Å². The topological polar surface area (TPSA) is 97.2 Å². The van der Waals surface area contributed by atoms with Crippen molar-refractivity contribution in [1.82, 2.24) is 15.1 Å². The molecule has 1 aliphatic heterocycles. The number of ether oxygens (including phenoxy) is 2. The van der Waals surface area contributed by atoms with E-state index in [1.165, 1.54) is 31.9 Å². The molecule has 9 nitrogen and oxygen atoms in total. The summed E-state index contributed by atoms with van der Waals surface area (Å²) in [5.74, 6) is -0.0101. The van der Waals surface area contributed by atoms with Crippen LogP contribution in [0, 0.1) is 10.1 Å². The molecule has 1 saturated heterocycles. The average Bonchev–Trinajstić information content (AvgIpc) is 2.82. The Labute approximate surface area is 188 Å². The van der Waals surface area contributed by atoms with Crippen LogP contribution in [0.1, 0.15) is 22.3 Å². The van der Waals surface area contributed by atoms with E-state index in [-0.39, 0.29) is 22.7 Å². The van der Waals surface area contributed by atoms with Gasteiger partial charge in [0, 0.05) is 45.3 Å². The lowest BCUT2D eigenvalue weighted by atomic mass is 10.1. The van der Waals surface area contributed by atoms with Gasteiger partial charge in [0.1, 0.15) is 5.56 Å². The first kappa shape index (κ1) is 23.5. The van der Waals surface area contributed by atoms with Gasteiger partial charge in [0.15, 0.2) is 11.5 Å². The number of nitro groups is 1. The third kappa shape index (κ3) is 6.18. The van der Waals surface area contributed by atoms with E-state index in [1.54, 1.807) is 0 Å². The highest BCUT2D eigenvalue weighted by molar-refractivity contribution is 5.99. The van der Waals surface area contributed by atoms with Gasteiger partial charge in [-0.2, -0.15) is 0 Å². The van der Waals surface area contributed by atoms with E-state index in [0.29, 0.717) is 6.54 Å². The lowest BCUT2D eigenvalue weighted by molar-refractivity contribution is -0.385. The molecule has 1 N–H and O–H groups in total. The van der Waals surface area contributed by atoms with Crippen LogP contribution in [-0.4, -0.2) is 74.1 Å². The van der Waals surface area contributed by atoms with Crippen molar-refractivity contribution in [1.29, 1.82) is 0 Å². The second kappa shape index (κ2) is 11.4. The minimum Gasteiger partial charge on any atom is -0.493 e. The van der Waals surface area contributed by atoms with Crippen molar-refractivity contribution in [2.24, 2.45) is 0 Å². The van der Waals surface area contributed by atoms with Crippen molar-refractivity contribution in [3.63, 3.8) is 0 Å². The molecular weight excluding hydrogens is 412 g/mol. The first-order valence-corrected chi connectivity index (χ1v) is 10.7. The van der Waals surface area contributed by atoms with Crippen molar-refractivity contribution in [3.05, 3.63) is 63.7 Å². The summed E-state index contributed by atoms with van der Waals surface area (Å²) in [7, 11) is 2.81. The fourth-order valence-electron chi connectivity index (χ4n) is 3.81. The Hall–Kier alpha value is -3.17. The SMILES string of the molecule is COc1cc(C(=O)NCCCN2CCN(Cc3ccccc3)CC2)c([N+](=O)[O-])cc1OC. The number of piperazine rings is 1. The van der Waals surface area contributed by atoms with Gasteiger partial charge in [-0.05, 0) is 18.5 Å². The van der Waals surface area contributed by atoms with Gasteiger partial charge in [0.05, 0.1) is 25.2 Å². The average molecular weight is 443 g/mol. The van der Waals surface area contributed by atoms with Gasteiger partial charge >= 0.3 is 0 Å². The molecule has 0 aliphatic carbocycles. The number of hydrogen-bond acceptors (Lipinski definition) is 7. The lowest BCUT2D eigenvalue weighted by Gasteiger charge is -2.34. The fraction of sp³-hybridized carbons (Fsp3) is 0.435. The zero-order valence-corrected chi connectivity index (χ0v) is 18.6. The summed E-state index contributed by atoms with van der Waals surface area (Å²) in [5.41, 5.74) is 0.977. The highest BCUT2D eigenvalue weighted by Gasteiger charge is 2.24. The van der Waals surface area contributed by atoms with E-state index in [0.717, 1.165) is 45.7 Å². The van der Waals surface area contributed by atoms with E-state index < -0.39 is 10.8 Å². The molecule has 172 valence electrons. The van der Waals surface area contributed by atoms with Crippen LogP contribution in [0.15, 0.2) is 42.5 Å². The Morgan fingerprint density at radius 2 is 1.66 bits per heavy atom. The molecule has 2 aromatic rings. The standard InChI is InChI=1S/C23H30N4O5/c1-31-21-15-19(20(27(29)30)16-22(21)32-2)23(28)24-9-6-10-25-11-13-26(14-12-25)17-18-7-4-3-5-8-18/h3-5,7-8,15-16H,6,9-14,17H2,1-2H3,(H,24,28). The number of rotatable bonds is 10. The zero-order valence-electron chi connectivity index (χ0n) is 18.6. The smallest absolute Gasteiger partial charge is 0.286 e. The summed E-state index contributed by atoms with van der Waals surface area (Å²) >= 11 is 0. The first-order valence-electron chi connectivity index (χ1n) is 10.7. The summed E-state index contributed by atoms with van der Waals surface area (Å²) in [6.45, 7) is 6.28. The molecular formula is C23H30N4O5. The maximum Gasteiger partial charge on any atom is 0.286 e. The molecule has 1 heterocycles. The molecule has 0 aromatic heterocycles. The summed E-state index contributed by atoms with van der Waals surface area (Å²) in [6.07, 6.45) is 0.769. The van der Waals surface area contributed by atoms with Gasteiger partial charge in [0.25, 0.3) is 11.6 Å². The van der Waals surface area contributed by atoms with Crippen LogP contribution in [0.2, 0.25) is 0 Å². The monoisotopic (exact) mass is 442 g/mol. The largest absolute Gasteiger partial charge is 0.493 e. The molecule has 9 heteroatoms. The highest BCUT2D eigenvalue weighted by atomic mass is 16.6. The predicted molar refractivity (Wildman–Crippen MR) is 121 cm³/mol. The number of nitrogens with zero attached hydrogens (tertiary/aromatic N) is 3. The number of nitrogens with one attached hydrogen (secondary N) is 1. The molecule has 0 spiro atoms. The minimum atomic E-state index is -0.591. The Balaban J connectivity index is 1.44. The summed E-state index contributed by atoms with van der Waals surface area (Å²) in [4.78, 5) is 28.2. The number of nitro benzene ring substituents is 1. The predicted octanol–water partition coefficient (Wildman–Crippen LogP) is 2.55. The minimum absolute atomic E-state index is 0.0397. The van der Waals surface area contributed by atoms with Gasteiger partial charge < -0.3 is 19.7 Å². The third-order valence-corrected chi connectivity index (χ3v) is 5.59. The molecule has 0 unspecified atom stereocenters. The van der Waals surface area contributed by atoms with E-state index >= 15 is 0 Å². The molecule has 0 saturated carbocycles. The summed E-state index contributed by atoms with van der Waals surface area (Å²) in [5, 5.41) is 14.2.